The van der Waals surface area contributed by atoms with Crippen LogP contribution >= 0.6 is 0 Å². The van der Waals surface area contributed by atoms with Crippen molar-refractivity contribution in [1.82, 2.24) is 14.7 Å². The van der Waals surface area contributed by atoms with Gasteiger partial charge in [0.1, 0.15) is 5.60 Å². The maximum Gasteiger partial charge on any atom is 0.195 e. The molecule has 0 saturated carbocycles. The zero-order valence-corrected chi connectivity index (χ0v) is 17.7. The summed E-state index contributed by atoms with van der Waals surface area (Å²) in [5.74, 6) is 6.59. The second-order valence-corrected chi connectivity index (χ2v) is 11.9. The number of nitrogens with zero attached hydrogens (tertiary/aromatic N) is 3. The zero-order valence-electron chi connectivity index (χ0n) is 16.7. The largest absolute Gasteiger partial charge is 0.402 e. The van der Waals surface area contributed by atoms with Gasteiger partial charge < -0.3 is 4.43 Å². The Balaban J connectivity index is 5.93. The van der Waals surface area contributed by atoms with Crippen molar-refractivity contribution in [2.24, 2.45) is 0 Å². The Morgan fingerprint density at radius 3 is 1.36 bits per heavy atom. The third-order valence-electron chi connectivity index (χ3n) is 3.97. The van der Waals surface area contributed by atoms with Crippen LogP contribution in [0.1, 0.15) is 26.7 Å². The maximum atomic E-state index is 6.47. The summed E-state index contributed by atoms with van der Waals surface area (Å²) in [4.78, 5) is 6.43. The molecule has 0 N–H and O–H groups in total. The van der Waals surface area contributed by atoms with Gasteiger partial charge >= 0.3 is 0 Å². The van der Waals surface area contributed by atoms with E-state index in [1.165, 1.54) is 0 Å². The first-order chi connectivity index (χ1) is 9.87. The second-order valence-electron chi connectivity index (χ2n) is 7.48. The molecule has 0 atom stereocenters. The van der Waals surface area contributed by atoms with Gasteiger partial charge in [-0.3, -0.25) is 14.7 Å². The van der Waals surface area contributed by atoms with Crippen molar-refractivity contribution < 1.29 is 4.43 Å². The molecule has 0 aliphatic carbocycles. The highest BCUT2D eigenvalue weighted by Gasteiger charge is 2.38. The second kappa shape index (κ2) is 7.94. The molecule has 0 heterocycles. The molecule has 0 spiro atoms. The molecule has 5 heteroatoms. The Morgan fingerprint density at radius 1 is 0.773 bits per heavy atom. The summed E-state index contributed by atoms with van der Waals surface area (Å²) in [6.07, 6.45) is 1.82. The molecule has 0 amide bonds. The molecule has 0 unspecified atom stereocenters. The third kappa shape index (κ3) is 5.07. The van der Waals surface area contributed by atoms with Crippen LogP contribution in [0.15, 0.2) is 0 Å². The molecule has 0 radical (unpaired) electrons. The van der Waals surface area contributed by atoms with Gasteiger partial charge in [-0.15, -0.1) is 0 Å². The van der Waals surface area contributed by atoms with Crippen molar-refractivity contribution >= 4 is 8.32 Å². The molecular formula is C17H37N3OSi. The predicted molar refractivity (Wildman–Crippen MR) is 99.3 cm³/mol. The van der Waals surface area contributed by atoms with Gasteiger partial charge in [0.05, 0.1) is 0 Å². The van der Waals surface area contributed by atoms with Crippen LogP contribution in [0.5, 0.6) is 0 Å². The minimum atomic E-state index is -1.66. The quantitative estimate of drug-likeness (QED) is 0.406. The summed E-state index contributed by atoms with van der Waals surface area (Å²) < 4.78 is 6.47. The molecule has 0 aromatic rings. The van der Waals surface area contributed by atoms with Crippen LogP contribution in [0.4, 0.5) is 0 Å². The molecule has 130 valence electrons. The lowest BCUT2D eigenvalue weighted by atomic mass is 9.97. The van der Waals surface area contributed by atoms with Crippen molar-refractivity contribution in [3.8, 4) is 11.8 Å². The van der Waals surface area contributed by atoms with Crippen LogP contribution in [-0.4, -0.2) is 76.7 Å². The number of rotatable bonds is 7. The Bertz CT molecular complexity index is 377. The van der Waals surface area contributed by atoms with E-state index in [0.29, 0.717) is 0 Å². The van der Waals surface area contributed by atoms with Gasteiger partial charge in [-0.1, -0.05) is 19.8 Å². The lowest BCUT2D eigenvalue weighted by Gasteiger charge is -2.46. The van der Waals surface area contributed by atoms with E-state index in [9.17, 15) is 0 Å². The summed E-state index contributed by atoms with van der Waals surface area (Å²) in [6, 6.07) is 0. The van der Waals surface area contributed by atoms with Crippen LogP contribution in [0, 0.1) is 11.8 Å². The summed E-state index contributed by atoms with van der Waals surface area (Å²) in [7, 11) is 10.7. The Hall–Kier alpha value is -0.383. The molecule has 0 aromatic carbocycles. The van der Waals surface area contributed by atoms with Gasteiger partial charge in [0.15, 0.2) is 14.1 Å². The maximum absolute atomic E-state index is 6.47. The van der Waals surface area contributed by atoms with E-state index in [4.69, 9.17) is 4.43 Å². The first-order valence-corrected chi connectivity index (χ1v) is 11.5. The third-order valence-corrected chi connectivity index (χ3v) is 4.98. The van der Waals surface area contributed by atoms with E-state index in [2.05, 4.69) is 102 Å². The fraction of sp³-hybridized carbons (Fsp3) is 0.882. The number of hydrogen-bond donors (Lipinski definition) is 0. The van der Waals surface area contributed by atoms with Gasteiger partial charge in [-0.05, 0) is 80.7 Å². The summed E-state index contributed by atoms with van der Waals surface area (Å²) in [5, 5.41) is 0. The van der Waals surface area contributed by atoms with Crippen LogP contribution in [-0.2, 0) is 4.43 Å². The predicted octanol–water partition coefficient (Wildman–Crippen LogP) is 2.74. The molecule has 0 fully saturated rings. The lowest BCUT2D eigenvalue weighted by Crippen LogP contribution is -2.63. The topological polar surface area (TPSA) is 19.0 Å². The van der Waals surface area contributed by atoms with Gasteiger partial charge in [0, 0.05) is 0 Å². The summed E-state index contributed by atoms with van der Waals surface area (Å²) in [5.41, 5.74) is -0.349. The Kier molecular flexibility index (Phi) is 7.80. The standard InChI is InChI=1S/C17H37N3OSi/c1-12-16(13-2,21-22(9,10)11)14-15-17(18(3)4,19(5)6)20(7)8/h12-13H2,1-11H3. The van der Waals surface area contributed by atoms with E-state index >= 15 is 0 Å². The molecule has 4 nitrogen and oxygen atoms in total. The highest BCUT2D eigenvalue weighted by molar-refractivity contribution is 6.69. The van der Waals surface area contributed by atoms with E-state index in [-0.39, 0.29) is 5.60 Å². The van der Waals surface area contributed by atoms with Crippen molar-refractivity contribution in [2.75, 3.05) is 42.3 Å². The number of hydrogen-bond acceptors (Lipinski definition) is 4. The fourth-order valence-electron chi connectivity index (χ4n) is 2.92. The van der Waals surface area contributed by atoms with E-state index < -0.39 is 14.1 Å². The van der Waals surface area contributed by atoms with Gasteiger partial charge in [-0.2, -0.15) is 0 Å². The zero-order chi connectivity index (χ0) is 17.8. The van der Waals surface area contributed by atoms with Crippen LogP contribution in [0.2, 0.25) is 19.6 Å². The van der Waals surface area contributed by atoms with E-state index in [1.807, 2.05) is 0 Å². The smallest absolute Gasteiger partial charge is 0.195 e. The SMILES string of the molecule is CCC(C#CC(N(C)C)(N(C)C)N(C)C)(CC)O[Si](C)(C)C. The molecule has 0 saturated heterocycles. The minimum absolute atomic E-state index is 0.349. The first kappa shape index (κ1) is 21.6. The highest BCUT2D eigenvalue weighted by Crippen LogP contribution is 2.26. The van der Waals surface area contributed by atoms with Gasteiger partial charge in [-0.25, -0.2) is 0 Å². The fourth-order valence-corrected chi connectivity index (χ4v) is 4.43. The van der Waals surface area contributed by atoms with E-state index in [0.717, 1.165) is 12.8 Å². The molecule has 0 aliphatic heterocycles. The summed E-state index contributed by atoms with van der Waals surface area (Å²) >= 11 is 0. The lowest BCUT2D eigenvalue weighted by molar-refractivity contribution is -0.0575. The summed E-state index contributed by atoms with van der Waals surface area (Å²) in [6.45, 7) is 11.0. The molecule has 0 rings (SSSR count). The molecule has 22 heavy (non-hydrogen) atoms. The van der Waals surface area contributed by atoms with Crippen LogP contribution in [0.3, 0.4) is 0 Å². The van der Waals surface area contributed by atoms with Crippen molar-refractivity contribution in [2.45, 2.75) is 57.7 Å². The molecule has 0 aliphatic rings. The van der Waals surface area contributed by atoms with Crippen molar-refractivity contribution in [3.05, 3.63) is 0 Å². The average molecular weight is 328 g/mol. The normalized spacial score (nSPS) is 13.7. The molecule has 0 aromatic heterocycles. The van der Waals surface area contributed by atoms with Crippen molar-refractivity contribution in [1.29, 1.82) is 0 Å². The molecular weight excluding hydrogens is 290 g/mol. The van der Waals surface area contributed by atoms with E-state index in [1.54, 1.807) is 0 Å². The monoisotopic (exact) mass is 327 g/mol. The molecule has 0 bridgehead atoms. The minimum Gasteiger partial charge on any atom is -0.402 e. The van der Waals surface area contributed by atoms with Crippen molar-refractivity contribution in [3.63, 3.8) is 0 Å². The average Bonchev–Trinajstić information content (AvgIpc) is 2.35. The first-order valence-electron chi connectivity index (χ1n) is 8.13. The Labute approximate surface area is 139 Å². The van der Waals surface area contributed by atoms with Gasteiger partial charge in [0.25, 0.3) is 0 Å². The van der Waals surface area contributed by atoms with Crippen LogP contribution in [0.25, 0.3) is 0 Å². The van der Waals surface area contributed by atoms with Crippen LogP contribution < -0.4 is 0 Å². The van der Waals surface area contributed by atoms with Gasteiger partial charge in [0.2, 0.25) is 0 Å². The Morgan fingerprint density at radius 2 is 1.14 bits per heavy atom. The highest BCUT2D eigenvalue weighted by atomic mass is 28.4.